The number of aromatic nitrogens is 1. The number of carbonyl (C=O) groups excluding carboxylic acids is 1. The van der Waals surface area contributed by atoms with Crippen LogP contribution in [-0.4, -0.2) is 36.3 Å². The van der Waals surface area contributed by atoms with Gasteiger partial charge >= 0.3 is 0 Å². The van der Waals surface area contributed by atoms with Crippen molar-refractivity contribution >= 4 is 21.6 Å². The molecular formula is C26H24N4O4S. The van der Waals surface area contributed by atoms with Gasteiger partial charge in [-0.3, -0.25) is 9.59 Å². The predicted octanol–water partition coefficient (Wildman–Crippen LogP) is 3.15. The third-order valence-corrected chi connectivity index (χ3v) is 8.55. The van der Waals surface area contributed by atoms with Crippen LogP contribution < -0.4 is 10.9 Å². The third kappa shape index (κ3) is 4.16. The molecule has 2 aliphatic rings. The summed E-state index contributed by atoms with van der Waals surface area (Å²) < 4.78 is 30.3. The lowest BCUT2D eigenvalue weighted by Gasteiger charge is -2.43. The summed E-state index contributed by atoms with van der Waals surface area (Å²) in [5.41, 5.74) is 3.25. The fourth-order valence-corrected chi connectivity index (χ4v) is 6.83. The van der Waals surface area contributed by atoms with Gasteiger partial charge in [-0.15, -0.1) is 0 Å². The van der Waals surface area contributed by atoms with Crippen molar-refractivity contribution in [1.82, 2.24) is 8.87 Å². The molecule has 1 fully saturated rings. The van der Waals surface area contributed by atoms with Crippen LogP contribution in [0, 0.1) is 17.2 Å². The number of hydrogen-bond acceptors (Lipinski definition) is 5. The van der Waals surface area contributed by atoms with Crippen LogP contribution in [0.5, 0.6) is 0 Å². The molecule has 2 aromatic carbocycles. The Labute approximate surface area is 203 Å². The standard InChI is InChI=1S/C26H24N4O4S/c1-17(31)28-21-6-8-22(9-7-21)35(33,34)29-14-18-12-20(16-29)26-24(10-11-25(32)30(26)15-18)23-5-3-2-4-19(23)13-27/h2-11,18,20H,12,14-16H2,1H3,(H,28,31)/t18-,20+/m0/s1. The summed E-state index contributed by atoms with van der Waals surface area (Å²) in [6, 6.07) is 18.9. The Morgan fingerprint density at radius 2 is 1.74 bits per heavy atom. The van der Waals surface area contributed by atoms with Crippen LogP contribution in [0.1, 0.15) is 30.5 Å². The van der Waals surface area contributed by atoms with E-state index in [-0.39, 0.29) is 34.7 Å². The lowest BCUT2D eigenvalue weighted by atomic mass is 9.81. The summed E-state index contributed by atoms with van der Waals surface area (Å²) in [6.45, 7) is 2.40. The van der Waals surface area contributed by atoms with E-state index in [4.69, 9.17) is 0 Å². The molecule has 0 saturated carbocycles. The number of anilines is 1. The lowest BCUT2D eigenvalue weighted by molar-refractivity contribution is -0.114. The van der Waals surface area contributed by atoms with E-state index >= 15 is 0 Å². The van der Waals surface area contributed by atoms with Crippen molar-refractivity contribution in [1.29, 1.82) is 5.26 Å². The van der Waals surface area contributed by atoms with Crippen molar-refractivity contribution in [3.05, 3.63) is 82.3 Å². The Hall–Kier alpha value is -3.74. The van der Waals surface area contributed by atoms with Gasteiger partial charge in [-0.1, -0.05) is 18.2 Å². The normalized spacial score (nSPS) is 19.4. The zero-order valence-electron chi connectivity index (χ0n) is 19.1. The van der Waals surface area contributed by atoms with Crippen LogP contribution in [-0.2, 0) is 21.4 Å². The van der Waals surface area contributed by atoms with E-state index in [1.807, 2.05) is 12.1 Å². The number of piperidine rings is 1. The largest absolute Gasteiger partial charge is 0.326 e. The number of sulfonamides is 1. The molecule has 2 bridgehead atoms. The minimum atomic E-state index is -3.77. The molecule has 1 saturated heterocycles. The lowest BCUT2D eigenvalue weighted by Crippen LogP contribution is -2.49. The van der Waals surface area contributed by atoms with Crippen LogP contribution in [0.3, 0.4) is 0 Å². The second kappa shape index (κ2) is 8.80. The Kier molecular flexibility index (Phi) is 5.79. The van der Waals surface area contributed by atoms with Crippen molar-refractivity contribution in [2.45, 2.75) is 30.7 Å². The molecule has 9 heteroatoms. The number of hydrogen-bond donors (Lipinski definition) is 1. The highest BCUT2D eigenvalue weighted by Gasteiger charge is 2.40. The van der Waals surface area contributed by atoms with Gasteiger partial charge in [0.1, 0.15) is 0 Å². The van der Waals surface area contributed by atoms with Crippen LogP contribution in [0.4, 0.5) is 5.69 Å². The number of amides is 1. The molecular weight excluding hydrogens is 464 g/mol. The molecule has 0 radical (unpaired) electrons. The molecule has 35 heavy (non-hydrogen) atoms. The molecule has 3 aromatic rings. The number of rotatable bonds is 4. The average Bonchev–Trinajstić information content (AvgIpc) is 2.84. The number of carbonyl (C=O) groups is 1. The smallest absolute Gasteiger partial charge is 0.250 e. The fourth-order valence-electron chi connectivity index (χ4n) is 5.27. The number of nitrogens with one attached hydrogen (secondary N) is 1. The molecule has 8 nitrogen and oxygen atoms in total. The fraction of sp³-hybridized carbons (Fsp3) is 0.269. The third-order valence-electron chi connectivity index (χ3n) is 6.71. The van der Waals surface area contributed by atoms with Crippen molar-refractivity contribution in [3.63, 3.8) is 0 Å². The Bertz CT molecular complexity index is 1520. The van der Waals surface area contributed by atoms with Gasteiger partial charge in [0.15, 0.2) is 0 Å². The Morgan fingerprint density at radius 1 is 1.00 bits per heavy atom. The van der Waals surface area contributed by atoms with E-state index in [1.165, 1.54) is 29.4 Å². The number of nitriles is 1. The molecule has 5 rings (SSSR count). The van der Waals surface area contributed by atoms with Gasteiger partial charge in [0, 0.05) is 61.1 Å². The molecule has 1 N–H and O–H groups in total. The van der Waals surface area contributed by atoms with Gasteiger partial charge in [0.05, 0.1) is 16.5 Å². The maximum atomic E-state index is 13.5. The minimum Gasteiger partial charge on any atom is -0.326 e. The highest BCUT2D eigenvalue weighted by molar-refractivity contribution is 7.89. The van der Waals surface area contributed by atoms with Crippen LogP contribution >= 0.6 is 0 Å². The van der Waals surface area contributed by atoms with E-state index < -0.39 is 10.0 Å². The number of pyridine rings is 1. The van der Waals surface area contributed by atoms with E-state index in [9.17, 15) is 23.3 Å². The first-order valence-electron chi connectivity index (χ1n) is 11.4. The first-order chi connectivity index (χ1) is 16.8. The monoisotopic (exact) mass is 488 g/mol. The van der Waals surface area contributed by atoms with Gasteiger partial charge in [-0.05, 0) is 48.7 Å². The number of fused-ring (bicyclic) bond motifs is 4. The molecule has 2 aliphatic heterocycles. The van der Waals surface area contributed by atoms with Gasteiger partial charge < -0.3 is 9.88 Å². The molecule has 2 atom stereocenters. The highest BCUT2D eigenvalue weighted by Crippen LogP contribution is 2.41. The highest BCUT2D eigenvalue weighted by atomic mass is 32.2. The van der Waals surface area contributed by atoms with Crippen LogP contribution in [0.2, 0.25) is 0 Å². The zero-order chi connectivity index (χ0) is 24.7. The first kappa shape index (κ1) is 23.0. The summed E-state index contributed by atoms with van der Waals surface area (Å²) in [5, 5.41) is 12.3. The molecule has 0 aliphatic carbocycles. The quantitative estimate of drug-likeness (QED) is 0.606. The SMILES string of the molecule is CC(=O)Nc1ccc(S(=O)(=O)N2C[C@@H]3C[C@H](C2)c2c(-c4ccccc4C#N)ccc(=O)n2C3)cc1. The first-order valence-corrected chi connectivity index (χ1v) is 12.8. The summed E-state index contributed by atoms with van der Waals surface area (Å²) in [4.78, 5) is 24.2. The van der Waals surface area contributed by atoms with Crippen molar-refractivity contribution in [2.75, 3.05) is 18.4 Å². The predicted molar refractivity (Wildman–Crippen MR) is 131 cm³/mol. The molecule has 1 amide bonds. The van der Waals surface area contributed by atoms with Crippen LogP contribution in [0.25, 0.3) is 11.1 Å². The average molecular weight is 489 g/mol. The topological polar surface area (TPSA) is 112 Å². The number of nitrogens with zero attached hydrogens (tertiary/aromatic N) is 3. The second-order valence-electron chi connectivity index (χ2n) is 9.06. The molecule has 3 heterocycles. The van der Waals surface area contributed by atoms with E-state index in [1.54, 1.807) is 34.9 Å². The van der Waals surface area contributed by atoms with Crippen LogP contribution in [0.15, 0.2) is 70.4 Å². The maximum Gasteiger partial charge on any atom is 0.250 e. The number of benzene rings is 2. The van der Waals surface area contributed by atoms with Crippen molar-refractivity contribution in [2.24, 2.45) is 5.92 Å². The molecule has 0 spiro atoms. The second-order valence-corrected chi connectivity index (χ2v) is 11.0. The van der Waals surface area contributed by atoms with E-state index in [2.05, 4.69) is 11.4 Å². The van der Waals surface area contributed by atoms with E-state index in [0.717, 1.165) is 23.2 Å². The van der Waals surface area contributed by atoms with Gasteiger partial charge in [0.2, 0.25) is 15.9 Å². The van der Waals surface area contributed by atoms with Crippen molar-refractivity contribution in [3.8, 4) is 17.2 Å². The molecule has 178 valence electrons. The van der Waals surface area contributed by atoms with Gasteiger partial charge in [0.25, 0.3) is 5.56 Å². The van der Waals surface area contributed by atoms with Gasteiger partial charge in [-0.25, -0.2) is 8.42 Å². The minimum absolute atomic E-state index is 0.00818. The zero-order valence-corrected chi connectivity index (χ0v) is 20.0. The Morgan fingerprint density at radius 3 is 2.46 bits per heavy atom. The maximum absolute atomic E-state index is 13.5. The summed E-state index contributed by atoms with van der Waals surface area (Å²) in [6.07, 6.45) is 0.776. The summed E-state index contributed by atoms with van der Waals surface area (Å²) in [7, 11) is -3.77. The summed E-state index contributed by atoms with van der Waals surface area (Å²) >= 11 is 0. The summed E-state index contributed by atoms with van der Waals surface area (Å²) in [5.74, 6) is -0.396. The van der Waals surface area contributed by atoms with Crippen molar-refractivity contribution < 1.29 is 13.2 Å². The van der Waals surface area contributed by atoms with Gasteiger partial charge in [-0.2, -0.15) is 9.57 Å². The molecule has 0 unspecified atom stereocenters. The molecule has 1 aromatic heterocycles. The van der Waals surface area contributed by atoms with E-state index in [0.29, 0.717) is 24.3 Å². The Balaban J connectivity index is 1.52.